The van der Waals surface area contributed by atoms with Gasteiger partial charge in [0.25, 0.3) is 0 Å². The molecule has 0 N–H and O–H groups in total. The third-order valence-electron chi connectivity index (χ3n) is 15.7. The smallest absolute Gasteiger partial charge is 0.0519 e. The molecule has 2 nitrogen and oxygen atoms in total. The molecule has 0 saturated carbocycles. The average Bonchev–Trinajstić information content (AvgIpc) is 3.18. The van der Waals surface area contributed by atoms with E-state index in [0.29, 0.717) is 0 Å². The van der Waals surface area contributed by atoms with Crippen molar-refractivity contribution in [3.63, 3.8) is 0 Å². The van der Waals surface area contributed by atoms with Crippen LogP contribution in [0.15, 0.2) is 291 Å². The molecule has 0 saturated heterocycles. The van der Waals surface area contributed by atoms with Crippen LogP contribution in [0.2, 0.25) is 0 Å². The number of rotatable bonds is 16. The molecule has 0 aromatic heterocycles. The van der Waals surface area contributed by atoms with Crippen molar-refractivity contribution in [1.29, 1.82) is 0 Å². The SMILES string of the molecule is Cc1cccc(C)c1N(c1ccc(C=C(c2ccccc2)c2ccccc2)cc1)c1ccc(/C=C/c2ccc3ccc(/C=C/c4cccc(N(c5ccc(C=C(c6ccccc6)c6ccccc6)cc5)c5c(C)cccc5C)c4)cc3c2)cc1. The molecule has 0 radical (unpaired) electrons. The molecule has 12 aromatic rings. The van der Waals surface area contributed by atoms with Crippen molar-refractivity contribution >= 4 is 92.5 Å². The van der Waals surface area contributed by atoms with Gasteiger partial charge in [-0.1, -0.05) is 255 Å². The summed E-state index contributed by atoms with van der Waals surface area (Å²) in [6.45, 7) is 8.81. The average molecular weight is 1080 g/mol. The van der Waals surface area contributed by atoms with Crippen LogP contribution in [0.1, 0.15) is 77.9 Å². The van der Waals surface area contributed by atoms with E-state index in [4.69, 9.17) is 0 Å². The van der Waals surface area contributed by atoms with Crippen molar-refractivity contribution in [3.8, 4) is 0 Å². The predicted octanol–water partition coefficient (Wildman–Crippen LogP) is 22.5. The molecule has 84 heavy (non-hydrogen) atoms. The number of hydrogen-bond acceptors (Lipinski definition) is 2. The van der Waals surface area contributed by atoms with E-state index in [2.05, 4.69) is 365 Å². The fourth-order valence-corrected chi connectivity index (χ4v) is 11.4. The maximum atomic E-state index is 2.40. The minimum atomic E-state index is 1.10. The van der Waals surface area contributed by atoms with E-state index in [0.717, 1.165) is 56.1 Å². The zero-order valence-electron chi connectivity index (χ0n) is 48.1. The van der Waals surface area contributed by atoms with Crippen LogP contribution in [-0.2, 0) is 0 Å². The molecule has 0 fully saturated rings. The zero-order valence-corrected chi connectivity index (χ0v) is 48.1. The summed E-state index contributed by atoms with van der Waals surface area (Å²) in [7, 11) is 0. The Morgan fingerprint density at radius 3 is 0.929 bits per heavy atom. The Bertz CT molecular complexity index is 4220. The molecule has 0 aliphatic carbocycles. The van der Waals surface area contributed by atoms with Gasteiger partial charge >= 0.3 is 0 Å². The third kappa shape index (κ3) is 12.4. The minimum absolute atomic E-state index is 1.10. The van der Waals surface area contributed by atoms with E-state index in [-0.39, 0.29) is 0 Å². The Morgan fingerprint density at radius 1 is 0.238 bits per heavy atom. The maximum Gasteiger partial charge on any atom is 0.0519 e. The number of benzene rings is 12. The third-order valence-corrected chi connectivity index (χ3v) is 15.7. The van der Waals surface area contributed by atoms with Gasteiger partial charge in [-0.3, -0.25) is 0 Å². The summed E-state index contributed by atoms with van der Waals surface area (Å²) in [5.74, 6) is 0. The van der Waals surface area contributed by atoms with E-state index in [9.17, 15) is 0 Å². The molecule has 0 aliphatic rings. The van der Waals surface area contributed by atoms with Gasteiger partial charge in [-0.05, 0) is 200 Å². The fourth-order valence-electron chi connectivity index (χ4n) is 11.4. The highest BCUT2D eigenvalue weighted by molar-refractivity contribution is 5.94. The van der Waals surface area contributed by atoms with Crippen molar-refractivity contribution in [2.75, 3.05) is 9.80 Å². The summed E-state index contributed by atoms with van der Waals surface area (Å²) in [4.78, 5) is 4.79. The van der Waals surface area contributed by atoms with Crippen LogP contribution in [0.4, 0.5) is 34.1 Å². The molecule has 0 spiro atoms. The van der Waals surface area contributed by atoms with E-state index >= 15 is 0 Å². The quantitative estimate of drug-likeness (QED) is 0.0890. The first-order valence-electron chi connectivity index (χ1n) is 29.0. The molecule has 404 valence electrons. The number of para-hydroxylation sites is 2. The highest BCUT2D eigenvalue weighted by Crippen LogP contribution is 2.42. The topological polar surface area (TPSA) is 6.48 Å². The van der Waals surface area contributed by atoms with E-state index in [1.807, 2.05) is 0 Å². The predicted molar refractivity (Wildman–Crippen MR) is 363 cm³/mol. The van der Waals surface area contributed by atoms with Crippen molar-refractivity contribution in [2.24, 2.45) is 0 Å². The maximum absolute atomic E-state index is 2.40. The number of hydrogen-bond donors (Lipinski definition) is 0. The molecule has 12 aromatic carbocycles. The van der Waals surface area contributed by atoms with Gasteiger partial charge in [-0.25, -0.2) is 0 Å². The van der Waals surface area contributed by atoms with Crippen LogP contribution in [0.5, 0.6) is 0 Å². The van der Waals surface area contributed by atoms with Crippen LogP contribution in [0.3, 0.4) is 0 Å². The zero-order chi connectivity index (χ0) is 57.2. The lowest BCUT2D eigenvalue weighted by Crippen LogP contribution is -2.13. The Kier molecular flexibility index (Phi) is 16.1. The van der Waals surface area contributed by atoms with E-state index < -0.39 is 0 Å². The standard InChI is InChI=1S/C82H66N2/c1-59-20-17-21-60(2)81(59)83(76-50-42-67(43-51-76)57-79(70-25-9-5-10-26-70)71-27-11-6-12-28-71)75-48-40-63(41-49-75)34-35-65-38-46-69-47-39-66(55-74(69)54-65)37-36-64-24-19-33-78(56-64)84(82-61(3)22-18-23-62(82)4)77-52-44-68(45-53-77)58-80(72-29-13-7-14-30-72)73-31-15-8-16-32-73/h5-58H,1-4H3/b35-34+,37-36+. The summed E-state index contributed by atoms with van der Waals surface area (Å²) in [5.41, 5.74) is 25.7. The van der Waals surface area contributed by atoms with Gasteiger partial charge in [0.05, 0.1) is 11.4 Å². The molecule has 0 heterocycles. The van der Waals surface area contributed by atoms with Crippen molar-refractivity contribution in [1.82, 2.24) is 0 Å². The van der Waals surface area contributed by atoms with E-state index in [1.165, 1.54) is 77.8 Å². The lowest BCUT2D eigenvalue weighted by molar-refractivity contribution is 1.22. The summed E-state index contributed by atoms with van der Waals surface area (Å²) >= 11 is 0. The second-order valence-corrected chi connectivity index (χ2v) is 21.6. The highest BCUT2D eigenvalue weighted by Gasteiger charge is 2.19. The Labute approximate surface area is 496 Å². The molecular formula is C82H66N2. The lowest BCUT2D eigenvalue weighted by Gasteiger charge is -2.29. The van der Waals surface area contributed by atoms with Gasteiger partial charge in [0.15, 0.2) is 0 Å². The van der Waals surface area contributed by atoms with Crippen LogP contribution in [-0.4, -0.2) is 0 Å². The normalized spacial score (nSPS) is 11.2. The van der Waals surface area contributed by atoms with Gasteiger partial charge in [0.1, 0.15) is 0 Å². The van der Waals surface area contributed by atoms with E-state index in [1.54, 1.807) is 0 Å². The van der Waals surface area contributed by atoms with Gasteiger partial charge in [0.2, 0.25) is 0 Å². The largest absolute Gasteiger partial charge is 0.310 e. The molecule has 2 heteroatoms. The fraction of sp³-hybridized carbons (Fsp3) is 0.0488. The summed E-state index contributed by atoms with van der Waals surface area (Å²) < 4.78 is 0. The van der Waals surface area contributed by atoms with Gasteiger partial charge in [-0.2, -0.15) is 0 Å². The Hall–Kier alpha value is -10.5. The molecule has 0 bridgehead atoms. The van der Waals surface area contributed by atoms with Crippen LogP contribution in [0.25, 0.3) is 58.4 Å². The Morgan fingerprint density at radius 2 is 0.548 bits per heavy atom. The monoisotopic (exact) mass is 1080 g/mol. The van der Waals surface area contributed by atoms with Crippen LogP contribution < -0.4 is 9.80 Å². The Balaban J connectivity index is 0.781. The molecular weight excluding hydrogens is 1010 g/mol. The van der Waals surface area contributed by atoms with Crippen molar-refractivity contribution in [2.45, 2.75) is 27.7 Å². The number of nitrogens with zero attached hydrogens (tertiary/aromatic N) is 2. The first-order chi connectivity index (χ1) is 41.3. The highest BCUT2D eigenvalue weighted by atomic mass is 15.2. The number of aryl methyl sites for hydroxylation is 4. The number of anilines is 6. The summed E-state index contributed by atoms with van der Waals surface area (Å²) in [5, 5.41) is 2.41. The molecule has 0 atom stereocenters. The van der Waals surface area contributed by atoms with Gasteiger partial charge in [0, 0.05) is 22.7 Å². The molecule has 12 rings (SSSR count). The minimum Gasteiger partial charge on any atom is -0.310 e. The van der Waals surface area contributed by atoms with Crippen molar-refractivity contribution < 1.29 is 0 Å². The van der Waals surface area contributed by atoms with Gasteiger partial charge < -0.3 is 9.80 Å². The molecule has 0 aliphatic heterocycles. The first kappa shape index (κ1) is 54.1. The molecule has 0 unspecified atom stereocenters. The number of fused-ring (bicyclic) bond motifs is 1. The first-order valence-corrected chi connectivity index (χ1v) is 29.0. The van der Waals surface area contributed by atoms with Gasteiger partial charge in [-0.15, -0.1) is 0 Å². The van der Waals surface area contributed by atoms with Crippen LogP contribution in [0, 0.1) is 27.7 Å². The lowest BCUT2D eigenvalue weighted by atomic mass is 9.95. The van der Waals surface area contributed by atoms with Crippen molar-refractivity contribution in [3.05, 3.63) is 369 Å². The van der Waals surface area contributed by atoms with Crippen LogP contribution >= 0.6 is 0 Å². The second kappa shape index (κ2) is 25.1. The second-order valence-electron chi connectivity index (χ2n) is 21.6. The molecule has 0 amide bonds. The summed E-state index contributed by atoms with van der Waals surface area (Å²) in [6, 6.07) is 105. The summed E-state index contributed by atoms with van der Waals surface area (Å²) in [6.07, 6.45) is 13.5.